The van der Waals surface area contributed by atoms with Crippen LogP contribution in [0, 0.1) is 0 Å². The molecule has 1 aliphatic heterocycles. The van der Waals surface area contributed by atoms with Crippen LogP contribution in [0.15, 0.2) is 18.7 Å². The largest absolute Gasteiger partial charge is 0.496 e. The Morgan fingerprint density at radius 2 is 1.95 bits per heavy atom. The van der Waals surface area contributed by atoms with E-state index in [-0.39, 0.29) is 0 Å². The highest BCUT2D eigenvalue weighted by Crippen LogP contribution is 2.44. The molecule has 0 amide bonds. The molecule has 0 aromatic heterocycles. The van der Waals surface area contributed by atoms with Gasteiger partial charge in [0.2, 0.25) is 0 Å². The van der Waals surface area contributed by atoms with Gasteiger partial charge in [-0.1, -0.05) is 6.08 Å². The van der Waals surface area contributed by atoms with E-state index >= 15 is 0 Å². The van der Waals surface area contributed by atoms with Crippen molar-refractivity contribution >= 4 is 0 Å². The van der Waals surface area contributed by atoms with Gasteiger partial charge in [0.25, 0.3) is 0 Å². The van der Waals surface area contributed by atoms with Crippen LogP contribution in [-0.4, -0.2) is 38.8 Å². The summed E-state index contributed by atoms with van der Waals surface area (Å²) < 4.78 is 11.3. The first-order chi connectivity index (χ1) is 10.3. The SMILES string of the molecule is C=CCN1CCc2c(OC)cc(OC)c3c2C(CCC3)C1. The molecule has 3 rings (SSSR count). The number of benzene rings is 1. The summed E-state index contributed by atoms with van der Waals surface area (Å²) in [4.78, 5) is 2.51. The van der Waals surface area contributed by atoms with Crippen LogP contribution < -0.4 is 9.47 Å². The monoisotopic (exact) mass is 287 g/mol. The molecular formula is C18H25NO2. The van der Waals surface area contributed by atoms with Gasteiger partial charge in [0.1, 0.15) is 11.5 Å². The van der Waals surface area contributed by atoms with Gasteiger partial charge < -0.3 is 9.47 Å². The van der Waals surface area contributed by atoms with Crippen molar-refractivity contribution in [1.82, 2.24) is 4.90 Å². The average molecular weight is 287 g/mol. The highest BCUT2D eigenvalue weighted by molar-refractivity contribution is 5.56. The molecule has 0 bridgehead atoms. The summed E-state index contributed by atoms with van der Waals surface area (Å²) in [5.74, 6) is 2.61. The maximum absolute atomic E-state index is 5.66. The molecule has 21 heavy (non-hydrogen) atoms. The molecule has 0 fully saturated rings. The third-order valence-corrected chi connectivity index (χ3v) is 4.88. The van der Waals surface area contributed by atoms with Crippen molar-refractivity contribution in [2.45, 2.75) is 31.6 Å². The van der Waals surface area contributed by atoms with Crippen LogP contribution in [0.25, 0.3) is 0 Å². The Morgan fingerprint density at radius 3 is 2.62 bits per heavy atom. The van der Waals surface area contributed by atoms with E-state index in [1.165, 1.54) is 29.5 Å². The lowest BCUT2D eigenvalue weighted by Crippen LogP contribution is -2.29. The lowest BCUT2D eigenvalue weighted by Gasteiger charge is -2.30. The predicted octanol–water partition coefficient (Wildman–Crippen LogP) is 3.17. The summed E-state index contributed by atoms with van der Waals surface area (Å²) >= 11 is 0. The summed E-state index contributed by atoms with van der Waals surface area (Å²) in [5, 5.41) is 0. The smallest absolute Gasteiger partial charge is 0.126 e. The first-order valence-electron chi connectivity index (χ1n) is 7.88. The first kappa shape index (κ1) is 14.5. The van der Waals surface area contributed by atoms with Gasteiger partial charge in [0, 0.05) is 25.7 Å². The zero-order chi connectivity index (χ0) is 14.8. The van der Waals surface area contributed by atoms with E-state index < -0.39 is 0 Å². The number of methoxy groups -OCH3 is 2. The molecule has 2 aliphatic rings. The normalized spacial score (nSPS) is 21.3. The lowest BCUT2D eigenvalue weighted by molar-refractivity contribution is 0.285. The molecule has 1 unspecified atom stereocenters. The van der Waals surface area contributed by atoms with E-state index in [1.54, 1.807) is 14.2 Å². The van der Waals surface area contributed by atoms with Crippen molar-refractivity contribution in [2.24, 2.45) is 0 Å². The van der Waals surface area contributed by atoms with E-state index in [0.717, 1.165) is 44.0 Å². The van der Waals surface area contributed by atoms with Gasteiger partial charge >= 0.3 is 0 Å². The zero-order valence-corrected chi connectivity index (χ0v) is 13.2. The number of ether oxygens (including phenoxy) is 2. The van der Waals surface area contributed by atoms with E-state index in [9.17, 15) is 0 Å². The third-order valence-electron chi connectivity index (χ3n) is 4.88. The lowest BCUT2D eigenvalue weighted by atomic mass is 9.79. The van der Waals surface area contributed by atoms with Gasteiger partial charge in [-0.25, -0.2) is 0 Å². The summed E-state index contributed by atoms with van der Waals surface area (Å²) in [5.41, 5.74) is 4.35. The zero-order valence-electron chi connectivity index (χ0n) is 13.2. The van der Waals surface area contributed by atoms with Crippen LogP contribution in [-0.2, 0) is 12.8 Å². The van der Waals surface area contributed by atoms with Crippen LogP contribution in [0.4, 0.5) is 0 Å². The summed E-state index contributed by atoms with van der Waals surface area (Å²) in [6, 6.07) is 2.08. The summed E-state index contributed by atoms with van der Waals surface area (Å²) in [7, 11) is 3.53. The van der Waals surface area contributed by atoms with Gasteiger partial charge in [-0.15, -0.1) is 6.58 Å². The molecule has 1 aromatic carbocycles. The molecule has 3 nitrogen and oxygen atoms in total. The Bertz CT molecular complexity index is 539. The number of hydrogen-bond acceptors (Lipinski definition) is 3. The van der Waals surface area contributed by atoms with Crippen LogP contribution in [0.1, 0.15) is 35.4 Å². The fourth-order valence-corrected chi connectivity index (χ4v) is 3.99. The average Bonchev–Trinajstić information content (AvgIpc) is 2.69. The molecule has 1 aromatic rings. The summed E-state index contributed by atoms with van der Waals surface area (Å²) in [6.07, 6.45) is 6.72. The Kier molecular flexibility index (Phi) is 4.20. The molecule has 0 saturated heterocycles. The maximum atomic E-state index is 5.66. The first-order valence-corrected chi connectivity index (χ1v) is 7.88. The third kappa shape index (κ3) is 2.55. The van der Waals surface area contributed by atoms with Crippen molar-refractivity contribution in [1.29, 1.82) is 0 Å². The number of rotatable bonds is 4. The van der Waals surface area contributed by atoms with E-state index in [2.05, 4.69) is 17.5 Å². The van der Waals surface area contributed by atoms with Crippen LogP contribution >= 0.6 is 0 Å². The van der Waals surface area contributed by atoms with Gasteiger partial charge in [-0.2, -0.15) is 0 Å². The number of hydrogen-bond donors (Lipinski definition) is 0. The molecule has 0 N–H and O–H groups in total. The van der Waals surface area contributed by atoms with Crippen molar-refractivity contribution in [3.63, 3.8) is 0 Å². The summed E-state index contributed by atoms with van der Waals surface area (Å²) in [6.45, 7) is 7.07. The molecule has 0 saturated carbocycles. The van der Waals surface area contributed by atoms with Crippen molar-refractivity contribution in [2.75, 3.05) is 33.9 Å². The quantitative estimate of drug-likeness (QED) is 0.794. The molecule has 0 radical (unpaired) electrons. The Balaban J connectivity index is 2.09. The molecule has 1 aliphatic carbocycles. The standard InChI is InChI=1S/C18H25NO2/c1-4-9-19-10-8-15-17(21-3)11-16(20-2)14-7-5-6-13(12-19)18(14)15/h4,11,13H,1,5-10,12H2,2-3H3. The van der Waals surface area contributed by atoms with Crippen LogP contribution in [0.3, 0.4) is 0 Å². The highest BCUT2D eigenvalue weighted by Gasteiger charge is 2.31. The van der Waals surface area contributed by atoms with Crippen molar-refractivity contribution in [3.05, 3.63) is 35.4 Å². The second kappa shape index (κ2) is 6.10. The fourth-order valence-electron chi connectivity index (χ4n) is 3.99. The van der Waals surface area contributed by atoms with Gasteiger partial charge in [-0.05, 0) is 48.3 Å². The molecule has 114 valence electrons. The molecular weight excluding hydrogens is 262 g/mol. The van der Waals surface area contributed by atoms with Gasteiger partial charge in [0.15, 0.2) is 0 Å². The molecule has 0 spiro atoms. The minimum Gasteiger partial charge on any atom is -0.496 e. The molecule has 1 atom stereocenters. The fraction of sp³-hybridized carbons (Fsp3) is 0.556. The predicted molar refractivity (Wildman–Crippen MR) is 85.6 cm³/mol. The van der Waals surface area contributed by atoms with Gasteiger partial charge in [0.05, 0.1) is 14.2 Å². The van der Waals surface area contributed by atoms with Crippen molar-refractivity contribution < 1.29 is 9.47 Å². The van der Waals surface area contributed by atoms with Crippen molar-refractivity contribution in [3.8, 4) is 11.5 Å². The topological polar surface area (TPSA) is 21.7 Å². The van der Waals surface area contributed by atoms with Crippen LogP contribution in [0.5, 0.6) is 11.5 Å². The maximum Gasteiger partial charge on any atom is 0.126 e. The van der Waals surface area contributed by atoms with E-state index in [1.807, 2.05) is 6.08 Å². The Hall–Kier alpha value is -1.48. The Morgan fingerprint density at radius 1 is 1.24 bits per heavy atom. The molecule has 3 heteroatoms. The van der Waals surface area contributed by atoms with E-state index in [4.69, 9.17) is 9.47 Å². The highest BCUT2D eigenvalue weighted by atomic mass is 16.5. The second-order valence-corrected chi connectivity index (χ2v) is 6.04. The van der Waals surface area contributed by atoms with E-state index in [0.29, 0.717) is 5.92 Å². The number of nitrogens with zero attached hydrogens (tertiary/aromatic N) is 1. The minimum atomic E-state index is 0.607. The second-order valence-electron chi connectivity index (χ2n) is 6.04. The van der Waals surface area contributed by atoms with Crippen LogP contribution in [0.2, 0.25) is 0 Å². The van der Waals surface area contributed by atoms with Gasteiger partial charge in [-0.3, -0.25) is 4.90 Å². The minimum absolute atomic E-state index is 0.607. The molecule has 1 heterocycles. The Labute approximate surface area is 127 Å².